The quantitative estimate of drug-likeness (QED) is 0.440. The van der Waals surface area contributed by atoms with Gasteiger partial charge in [-0.25, -0.2) is 4.39 Å². The summed E-state index contributed by atoms with van der Waals surface area (Å²) < 4.78 is 14.5. The summed E-state index contributed by atoms with van der Waals surface area (Å²) in [5.41, 5.74) is 5.47. The molecule has 4 atom stereocenters. The van der Waals surface area contributed by atoms with Gasteiger partial charge in [0, 0.05) is 28.8 Å². The molecule has 2 bridgehead atoms. The maximum absolute atomic E-state index is 14.5. The zero-order valence-corrected chi connectivity index (χ0v) is 17.7. The van der Waals surface area contributed by atoms with Gasteiger partial charge in [0.2, 0.25) is 11.8 Å². The monoisotopic (exact) mass is 447 g/mol. The fourth-order valence-corrected chi connectivity index (χ4v) is 5.19. The van der Waals surface area contributed by atoms with Crippen molar-refractivity contribution in [3.63, 3.8) is 0 Å². The third-order valence-electron chi connectivity index (χ3n) is 6.79. The number of amides is 2. The molecule has 1 aromatic heterocycles. The maximum Gasteiger partial charge on any atom is 0.256 e. The van der Waals surface area contributed by atoms with Gasteiger partial charge in [-0.1, -0.05) is 12.1 Å². The molecule has 1 aliphatic carbocycles. The summed E-state index contributed by atoms with van der Waals surface area (Å²) in [5.74, 6) is -1.38. The lowest BCUT2D eigenvalue weighted by Crippen LogP contribution is -2.50. The van der Waals surface area contributed by atoms with E-state index in [1.807, 2.05) is 0 Å². The Morgan fingerprint density at radius 2 is 2.03 bits per heavy atom. The molecule has 2 amide bonds. The number of nitrogens with zero attached hydrogens (tertiary/aromatic N) is 1. The average molecular weight is 447 g/mol. The lowest BCUT2D eigenvalue weighted by atomic mass is 9.97. The third-order valence-corrected chi connectivity index (χ3v) is 6.79. The second-order valence-electron chi connectivity index (χ2n) is 8.89. The van der Waals surface area contributed by atoms with Crippen LogP contribution in [0.4, 0.5) is 4.39 Å². The van der Waals surface area contributed by atoms with Crippen molar-refractivity contribution in [3.05, 3.63) is 57.6 Å². The van der Waals surface area contributed by atoms with Crippen molar-refractivity contribution < 1.29 is 14.0 Å². The number of aromatic nitrogens is 1. The number of hydrogen-bond donors (Lipinski definition) is 4. The second-order valence-corrected chi connectivity index (χ2v) is 8.89. The molecule has 1 saturated heterocycles. The van der Waals surface area contributed by atoms with Gasteiger partial charge in [-0.15, -0.1) is 0 Å². The molecule has 2 heterocycles. The van der Waals surface area contributed by atoms with E-state index in [-0.39, 0.29) is 29.4 Å². The van der Waals surface area contributed by atoms with Crippen LogP contribution in [-0.4, -0.2) is 34.9 Å². The first kappa shape index (κ1) is 21.1. The molecule has 168 valence electrons. The Morgan fingerprint density at radius 3 is 2.70 bits per heavy atom. The number of H-pyrrole nitrogens is 1. The zero-order chi connectivity index (χ0) is 23.3. The highest BCUT2D eigenvalue weighted by Crippen LogP contribution is 2.35. The maximum atomic E-state index is 14.5. The Bertz CT molecular complexity index is 1410. The van der Waals surface area contributed by atoms with E-state index < -0.39 is 23.3 Å². The van der Waals surface area contributed by atoms with Crippen LogP contribution < -0.4 is 21.9 Å². The van der Waals surface area contributed by atoms with Crippen LogP contribution in [0.25, 0.3) is 21.7 Å². The Hall–Kier alpha value is -3.77. The van der Waals surface area contributed by atoms with E-state index in [1.54, 1.807) is 18.2 Å². The van der Waals surface area contributed by atoms with E-state index in [9.17, 15) is 24.0 Å². The molecular weight excluding hydrogens is 425 g/mol. The van der Waals surface area contributed by atoms with Gasteiger partial charge in [0.25, 0.3) is 5.56 Å². The highest BCUT2D eigenvalue weighted by molar-refractivity contribution is 6.08. The van der Waals surface area contributed by atoms with Gasteiger partial charge in [0.05, 0.1) is 17.6 Å². The molecule has 8 nitrogen and oxygen atoms in total. The molecule has 5 rings (SSSR count). The van der Waals surface area contributed by atoms with Crippen molar-refractivity contribution in [1.29, 1.82) is 5.26 Å². The number of pyridine rings is 1. The van der Waals surface area contributed by atoms with Gasteiger partial charge in [0.15, 0.2) is 0 Å². The first-order valence-corrected chi connectivity index (χ1v) is 10.9. The Morgan fingerprint density at radius 1 is 1.21 bits per heavy atom. The molecule has 1 aliphatic heterocycles. The summed E-state index contributed by atoms with van der Waals surface area (Å²) >= 11 is 0. The fourth-order valence-electron chi connectivity index (χ4n) is 5.19. The Kier molecular flexibility index (Phi) is 5.10. The number of carbonyl (C=O) groups excluding carboxylic acids is 2. The van der Waals surface area contributed by atoms with Crippen LogP contribution in [0, 0.1) is 23.1 Å². The number of nitriles is 1. The summed E-state index contributed by atoms with van der Waals surface area (Å²) in [6.45, 7) is 0. The Balaban J connectivity index is 1.43. The molecule has 2 fully saturated rings. The minimum absolute atomic E-state index is 0.00101. The lowest BCUT2D eigenvalue weighted by molar-refractivity contribution is -0.124. The molecule has 33 heavy (non-hydrogen) atoms. The summed E-state index contributed by atoms with van der Waals surface area (Å²) in [6.07, 6.45) is 3.31. The third kappa shape index (κ3) is 3.72. The molecule has 1 unspecified atom stereocenters. The lowest BCUT2D eigenvalue weighted by Gasteiger charge is -2.23. The molecule has 2 aromatic carbocycles. The van der Waals surface area contributed by atoms with Gasteiger partial charge in [-0.3, -0.25) is 14.4 Å². The Labute approximate surface area is 187 Å². The second kappa shape index (κ2) is 7.98. The van der Waals surface area contributed by atoms with E-state index in [4.69, 9.17) is 5.73 Å². The van der Waals surface area contributed by atoms with E-state index in [1.165, 1.54) is 6.07 Å². The van der Waals surface area contributed by atoms with Crippen LogP contribution in [0.3, 0.4) is 0 Å². The van der Waals surface area contributed by atoms with Crippen LogP contribution in [0.15, 0.2) is 35.1 Å². The van der Waals surface area contributed by atoms with Crippen LogP contribution in [0.2, 0.25) is 0 Å². The van der Waals surface area contributed by atoms with Crippen molar-refractivity contribution >= 4 is 33.5 Å². The van der Waals surface area contributed by atoms with Gasteiger partial charge >= 0.3 is 0 Å². The first-order chi connectivity index (χ1) is 15.8. The van der Waals surface area contributed by atoms with E-state index in [0.717, 1.165) is 25.3 Å². The standard InChI is InChI=1S/C24H22FN5O3/c25-19-9-13(22(27)31)8-17-16-4-1-11(6-18(16)23(32)30-21(17)19)5-15(10-26)29-24(33)20-12-2-3-14(7-12)28-20/h1,4,6,8-9,12,14-15,20,28H,2-3,5,7H2,(H2,27,31)(H,29,33)(H,30,32)/t12-,14+,15?,20-/m0/s1. The normalized spacial score (nSPS) is 22.4. The van der Waals surface area contributed by atoms with Crippen LogP contribution >= 0.6 is 0 Å². The van der Waals surface area contributed by atoms with Crippen molar-refractivity contribution in [1.82, 2.24) is 15.6 Å². The van der Waals surface area contributed by atoms with Crippen molar-refractivity contribution in [2.75, 3.05) is 0 Å². The van der Waals surface area contributed by atoms with Crippen LogP contribution in [0.1, 0.15) is 35.2 Å². The number of piperidine rings is 1. The number of benzene rings is 2. The van der Waals surface area contributed by atoms with Gasteiger partial charge < -0.3 is 21.4 Å². The highest BCUT2D eigenvalue weighted by atomic mass is 19.1. The number of hydrogen-bond acceptors (Lipinski definition) is 5. The summed E-state index contributed by atoms with van der Waals surface area (Å²) in [5, 5.41) is 16.8. The van der Waals surface area contributed by atoms with Gasteiger partial charge in [-0.05, 0) is 54.3 Å². The van der Waals surface area contributed by atoms with Crippen molar-refractivity contribution in [2.24, 2.45) is 11.7 Å². The summed E-state index contributed by atoms with van der Waals surface area (Å²) in [4.78, 5) is 39.4. The predicted molar refractivity (Wildman–Crippen MR) is 120 cm³/mol. The summed E-state index contributed by atoms with van der Waals surface area (Å²) in [7, 11) is 0. The van der Waals surface area contributed by atoms with Crippen molar-refractivity contribution in [3.8, 4) is 6.07 Å². The zero-order valence-electron chi connectivity index (χ0n) is 17.7. The predicted octanol–water partition coefficient (Wildman–Crippen LogP) is 1.61. The molecular formula is C24H22FN5O3. The highest BCUT2D eigenvalue weighted by Gasteiger charge is 2.43. The molecule has 1 saturated carbocycles. The average Bonchev–Trinajstić information content (AvgIpc) is 3.43. The van der Waals surface area contributed by atoms with E-state index in [0.29, 0.717) is 33.7 Å². The number of halogens is 1. The fraction of sp³-hybridized carbons (Fsp3) is 0.333. The molecule has 9 heteroatoms. The molecule has 5 N–H and O–H groups in total. The van der Waals surface area contributed by atoms with E-state index >= 15 is 0 Å². The van der Waals surface area contributed by atoms with E-state index in [2.05, 4.69) is 21.7 Å². The largest absolute Gasteiger partial charge is 0.366 e. The number of aromatic amines is 1. The minimum atomic E-state index is -0.774. The smallest absolute Gasteiger partial charge is 0.256 e. The molecule has 0 spiro atoms. The number of nitrogens with two attached hydrogens (primary N) is 1. The molecule has 2 aliphatic rings. The summed E-state index contributed by atoms with van der Waals surface area (Å²) in [6, 6.07) is 8.92. The molecule has 3 aromatic rings. The number of fused-ring (bicyclic) bond motifs is 5. The number of carbonyl (C=O) groups is 2. The van der Waals surface area contributed by atoms with Crippen LogP contribution in [-0.2, 0) is 11.2 Å². The first-order valence-electron chi connectivity index (χ1n) is 10.9. The number of nitrogens with one attached hydrogen (secondary N) is 3. The van der Waals surface area contributed by atoms with Crippen molar-refractivity contribution in [2.45, 2.75) is 43.8 Å². The van der Waals surface area contributed by atoms with Gasteiger partial charge in [0.1, 0.15) is 11.9 Å². The molecule has 0 radical (unpaired) electrons. The van der Waals surface area contributed by atoms with Gasteiger partial charge in [-0.2, -0.15) is 5.26 Å². The topological polar surface area (TPSA) is 141 Å². The SMILES string of the molecule is N#CC(Cc1ccc2c(c1)c(=O)[nH]c1c(F)cc(C(N)=O)cc12)NC(=O)[C@H]1N[C@@H]2CC[C@H]1C2. The number of primary amides is 1. The van der Waals surface area contributed by atoms with Crippen LogP contribution in [0.5, 0.6) is 0 Å². The minimum Gasteiger partial charge on any atom is -0.366 e. The number of rotatable bonds is 5.